The van der Waals surface area contributed by atoms with Gasteiger partial charge in [-0.3, -0.25) is 4.79 Å². The number of hydrogen-bond acceptors (Lipinski definition) is 3. The number of hydrogen-bond donors (Lipinski definition) is 0. The van der Waals surface area contributed by atoms with E-state index >= 15 is 0 Å². The number of esters is 1. The van der Waals surface area contributed by atoms with Crippen molar-refractivity contribution < 1.29 is 14.3 Å². The van der Waals surface area contributed by atoms with Crippen LogP contribution in [0.25, 0.3) is 0 Å². The van der Waals surface area contributed by atoms with Crippen LogP contribution in [0.15, 0.2) is 12.1 Å². The van der Waals surface area contributed by atoms with Gasteiger partial charge in [-0.25, -0.2) is 4.79 Å². The van der Waals surface area contributed by atoms with Gasteiger partial charge in [-0.05, 0) is 44.0 Å². The van der Waals surface area contributed by atoms with Gasteiger partial charge in [0.05, 0.1) is 12.7 Å². The molecule has 1 rings (SSSR count). The van der Waals surface area contributed by atoms with Crippen molar-refractivity contribution in [3.8, 4) is 0 Å². The summed E-state index contributed by atoms with van der Waals surface area (Å²) in [6.45, 7) is 5.15. The summed E-state index contributed by atoms with van der Waals surface area (Å²) in [6.07, 6.45) is 0. The van der Waals surface area contributed by atoms with E-state index < -0.39 is 0 Å². The molecule has 0 amide bonds. The summed E-state index contributed by atoms with van der Waals surface area (Å²) in [7, 11) is 1.34. The smallest absolute Gasteiger partial charge is 0.337 e. The first-order valence-electron chi connectivity index (χ1n) is 4.68. The second-order valence-electron chi connectivity index (χ2n) is 3.53. The van der Waals surface area contributed by atoms with E-state index in [0.717, 1.165) is 11.1 Å². The molecule has 1 aromatic carbocycles. The number of benzene rings is 1. The number of methoxy groups -OCH3 is 1. The Morgan fingerprint density at radius 3 is 1.93 bits per heavy atom. The summed E-state index contributed by atoms with van der Waals surface area (Å²) >= 11 is 0. The van der Waals surface area contributed by atoms with Gasteiger partial charge in [-0.15, -0.1) is 0 Å². The summed E-state index contributed by atoms with van der Waals surface area (Å²) in [5.74, 6) is -0.363. The van der Waals surface area contributed by atoms with Gasteiger partial charge in [-0.1, -0.05) is 0 Å². The molecule has 80 valence electrons. The van der Waals surface area contributed by atoms with E-state index in [4.69, 9.17) is 0 Å². The Bertz CT molecular complexity index is 396. The molecule has 0 aliphatic rings. The first-order chi connectivity index (χ1) is 6.97. The van der Waals surface area contributed by atoms with Crippen molar-refractivity contribution >= 4 is 11.8 Å². The average molecular weight is 206 g/mol. The first kappa shape index (κ1) is 11.4. The Labute approximate surface area is 89.1 Å². The first-order valence-corrected chi connectivity index (χ1v) is 4.68. The molecule has 0 fully saturated rings. The molecule has 0 saturated heterocycles. The highest BCUT2D eigenvalue weighted by molar-refractivity contribution is 5.99. The number of aryl methyl sites for hydroxylation is 2. The minimum Gasteiger partial charge on any atom is -0.465 e. The highest BCUT2D eigenvalue weighted by Gasteiger charge is 2.13. The van der Waals surface area contributed by atoms with E-state index in [1.54, 1.807) is 12.1 Å². The molecule has 0 radical (unpaired) electrons. The Morgan fingerprint density at radius 2 is 1.60 bits per heavy atom. The normalized spacial score (nSPS) is 9.87. The minimum atomic E-state index is -0.378. The fourth-order valence-electron chi connectivity index (χ4n) is 1.75. The lowest BCUT2D eigenvalue weighted by Crippen LogP contribution is -2.06. The molecule has 0 unspecified atom stereocenters. The topological polar surface area (TPSA) is 43.4 Å². The van der Waals surface area contributed by atoms with E-state index in [9.17, 15) is 9.59 Å². The van der Waals surface area contributed by atoms with Crippen LogP contribution in [0.3, 0.4) is 0 Å². The number of rotatable bonds is 2. The van der Waals surface area contributed by atoms with Crippen LogP contribution < -0.4 is 0 Å². The molecule has 1 aromatic rings. The fraction of sp³-hybridized carbons (Fsp3) is 0.333. The molecule has 0 aliphatic heterocycles. The van der Waals surface area contributed by atoms with Crippen LogP contribution >= 0.6 is 0 Å². The third kappa shape index (κ3) is 2.24. The molecule has 0 saturated carbocycles. The van der Waals surface area contributed by atoms with Crippen LogP contribution in [0.4, 0.5) is 0 Å². The monoisotopic (exact) mass is 206 g/mol. The maximum Gasteiger partial charge on any atom is 0.337 e. The van der Waals surface area contributed by atoms with Gasteiger partial charge in [0, 0.05) is 5.56 Å². The predicted molar refractivity (Wildman–Crippen MR) is 57.3 cm³/mol. The lowest BCUT2D eigenvalue weighted by atomic mass is 9.97. The van der Waals surface area contributed by atoms with Crippen molar-refractivity contribution in [1.29, 1.82) is 0 Å². The number of ketones is 1. The third-order valence-electron chi connectivity index (χ3n) is 2.31. The predicted octanol–water partition coefficient (Wildman–Crippen LogP) is 2.29. The van der Waals surface area contributed by atoms with Gasteiger partial charge in [-0.2, -0.15) is 0 Å². The van der Waals surface area contributed by atoms with Crippen molar-refractivity contribution in [2.24, 2.45) is 0 Å². The van der Waals surface area contributed by atoms with Crippen molar-refractivity contribution in [3.63, 3.8) is 0 Å². The van der Waals surface area contributed by atoms with Crippen molar-refractivity contribution in [3.05, 3.63) is 34.4 Å². The summed E-state index contributed by atoms with van der Waals surface area (Å²) in [4.78, 5) is 22.6. The van der Waals surface area contributed by atoms with Gasteiger partial charge >= 0.3 is 5.97 Å². The van der Waals surface area contributed by atoms with Crippen molar-refractivity contribution in [2.75, 3.05) is 7.11 Å². The zero-order chi connectivity index (χ0) is 11.6. The van der Waals surface area contributed by atoms with Gasteiger partial charge < -0.3 is 4.74 Å². The minimum absolute atomic E-state index is 0.0152. The molecule has 3 nitrogen and oxygen atoms in total. The Balaban J connectivity index is 3.31. The molecule has 0 N–H and O–H groups in total. The van der Waals surface area contributed by atoms with Crippen LogP contribution in [0.1, 0.15) is 38.8 Å². The SMILES string of the molecule is COC(=O)c1cc(C)c(C(C)=O)c(C)c1. The van der Waals surface area contributed by atoms with Crippen LogP contribution in [0.2, 0.25) is 0 Å². The quantitative estimate of drug-likeness (QED) is 0.550. The molecule has 0 bridgehead atoms. The molecule has 0 atom stereocenters. The van der Waals surface area contributed by atoms with Gasteiger partial charge in [0.2, 0.25) is 0 Å². The van der Waals surface area contributed by atoms with Crippen LogP contribution in [0, 0.1) is 13.8 Å². The second kappa shape index (κ2) is 4.26. The second-order valence-corrected chi connectivity index (χ2v) is 3.53. The Morgan fingerprint density at radius 1 is 1.13 bits per heavy atom. The van der Waals surface area contributed by atoms with E-state index in [1.165, 1.54) is 14.0 Å². The maximum absolute atomic E-state index is 11.3. The largest absolute Gasteiger partial charge is 0.465 e. The lowest BCUT2D eigenvalue weighted by Gasteiger charge is -2.08. The molecular formula is C12H14O3. The van der Waals surface area contributed by atoms with Gasteiger partial charge in [0.1, 0.15) is 0 Å². The summed E-state index contributed by atoms with van der Waals surface area (Å²) in [6, 6.07) is 3.35. The van der Waals surface area contributed by atoms with Crippen molar-refractivity contribution in [2.45, 2.75) is 20.8 Å². The zero-order valence-electron chi connectivity index (χ0n) is 9.38. The van der Waals surface area contributed by atoms with E-state index in [1.807, 2.05) is 13.8 Å². The summed E-state index contributed by atoms with van der Waals surface area (Å²) < 4.78 is 4.62. The summed E-state index contributed by atoms with van der Waals surface area (Å²) in [5.41, 5.74) is 2.78. The van der Waals surface area contributed by atoms with E-state index in [-0.39, 0.29) is 11.8 Å². The number of Topliss-reactive ketones (excluding diaryl/α,β-unsaturated/α-hetero) is 1. The van der Waals surface area contributed by atoms with Crippen LogP contribution in [-0.2, 0) is 4.74 Å². The molecule has 15 heavy (non-hydrogen) atoms. The Hall–Kier alpha value is -1.64. The lowest BCUT2D eigenvalue weighted by molar-refractivity contribution is 0.0600. The van der Waals surface area contributed by atoms with Crippen molar-refractivity contribution in [1.82, 2.24) is 0 Å². The average Bonchev–Trinajstić information content (AvgIpc) is 2.14. The standard InChI is InChI=1S/C12H14O3/c1-7-5-10(12(14)15-4)6-8(2)11(7)9(3)13/h5-6H,1-4H3. The Kier molecular flexibility index (Phi) is 3.24. The van der Waals surface area contributed by atoms with E-state index in [0.29, 0.717) is 11.1 Å². The van der Waals surface area contributed by atoms with Crippen LogP contribution in [0.5, 0.6) is 0 Å². The number of carbonyl (C=O) groups excluding carboxylic acids is 2. The van der Waals surface area contributed by atoms with E-state index in [2.05, 4.69) is 4.74 Å². The number of carbonyl (C=O) groups is 2. The molecule has 0 spiro atoms. The molecule has 0 heterocycles. The maximum atomic E-state index is 11.3. The van der Waals surface area contributed by atoms with Crippen LogP contribution in [-0.4, -0.2) is 18.9 Å². The highest BCUT2D eigenvalue weighted by atomic mass is 16.5. The number of ether oxygens (including phenoxy) is 1. The third-order valence-corrected chi connectivity index (χ3v) is 2.31. The molecule has 3 heteroatoms. The highest BCUT2D eigenvalue weighted by Crippen LogP contribution is 2.17. The fourth-order valence-corrected chi connectivity index (χ4v) is 1.75. The van der Waals surface area contributed by atoms with Gasteiger partial charge in [0.25, 0.3) is 0 Å². The molecular weight excluding hydrogens is 192 g/mol. The molecule has 0 aliphatic carbocycles. The molecule has 0 aromatic heterocycles. The zero-order valence-corrected chi connectivity index (χ0v) is 9.38. The summed E-state index contributed by atoms with van der Waals surface area (Å²) in [5, 5.41) is 0. The van der Waals surface area contributed by atoms with Gasteiger partial charge in [0.15, 0.2) is 5.78 Å².